The molecule has 2 rings (SSSR count). The zero-order valence-electron chi connectivity index (χ0n) is 10.2. The summed E-state index contributed by atoms with van der Waals surface area (Å²) in [6, 6.07) is 11.5. The highest BCUT2D eigenvalue weighted by molar-refractivity contribution is 5.12. The molecule has 1 nitrogen and oxygen atoms in total. The van der Waals surface area contributed by atoms with Gasteiger partial charge in [-0.25, -0.2) is 0 Å². The van der Waals surface area contributed by atoms with Gasteiger partial charge in [0.05, 0.1) is 0 Å². The molecule has 0 amide bonds. The van der Waals surface area contributed by atoms with E-state index < -0.39 is 0 Å². The average molecular weight is 216 g/mol. The van der Waals surface area contributed by atoms with E-state index in [-0.39, 0.29) is 0 Å². The average Bonchev–Trinajstić information content (AvgIpc) is 2.84. The number of benzene rings is 1. The third-order valence-corrected chi connectivity index (χ3v) is 3.76. The fourth-order valence-electron chi connectivity index (χ4n) is 2.67. The first kappa shape index (κ1) is 11.7. The van der Waals surface area contributed by atoms with Crippen LogP contribution in [0.5, 0.6) is 0 Å². The Kier molecular flexibility index (Phi) is 4.41. The van der Waals surface area contributed by atoms with Crippen LogP contribution in [0.3, 0.4) is 0 Å². The smallest absolute Gasteiger partial charge is 0.0211 e. The molecule has 16 heavy (non-hydrogen) atoms. The van der Waals surface area contributed by atoms with Gasteiger partial charge in [-0.15, -0.1) is 0 Å². The van der Waals surface area contributed by atoms with Gasteiger partial charge in [-0.2, -0.15) is 0 Å². The van der Waals surface area contributed by atoms with E-state index in [0.717, 1.165) is 24.9 Å². The van der Waals surface area contributed by atoms with Gasteiger partial charge in [-0.05, 0) is 30.0 Å². The summed E-state index contributed by atoms with van der Waals surface area (Å²) < 4.78 is 0. The zero-order chi connectivity index (χ0) is 11.2. The fraction of sp³-hybridized carbons (Fsp3) is 0.600. The summed E-state index contributed by atoms with van der Waals surface area (Å²) in [7, 11) is 0. The van der Waals surface area contributed by atoms with Crippen molar-refractivity contribution >= 4 is 0 Å². The van der Waals surface area contributed by atoms with Crippen LogP contribution in [0.25, 0.3) is 0 Å². The maximum Gasteiger partial charge on any atom is 0.0211 e. The monoisotopic (exact) mass is 216 g/mol. The third-order valence-electron chi connectivity index (χ3n) is 3.76. The van der Waals surface area contributed by atoms with E-state index in [1.165, 1.54) is 31.2 Å². The van der Waals surface area contributed by atoms with Crippen LogP contribution in [0.2, 0.25) is 0 Å². The first-order valence-corrected chi connectivity index (χ1v) is 6.52. The molecule has 1 fully saturated rings. The molecule has 0 bridgehead atoms. The highest BCUT2D eigenvalue weighted by Crippen LogP contribution is 2.30. The largest absolute Gasteiger partial charge is 0.312 e. The van der Waals surface area contributed by atoms with Crippen molar-refractivity contribution in [3.63, 3.8) is 0 Å². The molecule has 1 heteroatoms. The molecule has 1 atom stereocenters. The minimum absolute atomic E-state index is 0.825. The van der Waals surface area contributed by atoms with E-state index in [4.69, 9.17) is 0 Å². The number of hydrogen-bond donors (Lipinski definition) is 1. The Morgan fingerprint density at radius 3 is 2.88 bits per heavy atom. The molecule has 1 radical (unpaired) electrons. The minimum Gasteiger partial charge on any atom is -0.312 e. The van der Waals surface area contributed by atoms with E-state index in [9.17, 15) is 0 Å². The van der Waals surface area contributed by atoms with Gasteiger partial charge in [0, 0.05) is 6.54 Å². The molecule has 0 heterocycles. The van der Waals surface area contributed by atoms with E-state index in [0.29, 0.717) is 0 Å². The normalized spacial score (nSPS) is 18.8. The van der Waals surface area contributed by atoms with E-state index in [1.807, 2.05) is 12.1 Å². The molecule has 0 aliphatic heterocycles. The second-order valence-electron chi connectivity index (χ2n) is 5.04. The predicted octanol–water partition coefficient (Wildman–Crippen LogP) is 3.40. The van der Waals surface area contributed by atoms with E-state index in [1.54, 1.807) is 0 Å². The van der Waals surface area contributed by atoms with Crippen molar-refractivity contribution in [2.75, 3.05) is 6.54 Å². The minimum atomic E-state index is 0.825. The SMILES string of the molecule is CC(CNCc1[c]cccc1)C1CCCC1. The molecule has 1 aliphatic carbocycles. The van der Waals surface area contributed by atoms with Crippen molar-refractivity contribution in [2.24, 2.45) is 11.8 Å². The molecule has 0 aromatic heterocycles. The third kappa shape index (κ3) is 3.34. The van der Waals surface area contributed by atoms with Crippen molar-refractivity contribution in [2.45, 2.75) is 39.2 Å². The van der Waals surface area contributed by atoms with Gasteiger partial charge in [0.1, 0.15) is 0 Å². The molecule has 0 saturated heterocycles. The number of hydrogen-bond acceptors (Lipinski definition) is 1. The van der Waals surface area contributed by atoms with Gasteiger partial charge in [0.25, 0.3) is 0 Å². The Labute approximate surface area is 99.3 Å². The maximum absolute atomic E-state index is 3.55. The lowest BCUT2D eigenvalue weighted by molar-refractivity contribution is 0.348. The van der Waals surface area contributed by atoms with E-state index in [2.05, 4.69) is 30.4 Å². The maximum atomic E-state index is 3.55. The zero-order valence-corrected chi connectivity index (χ0v) is 10.2. The predicted molar refractivity (Wildman–Crippen MR) is 68.1 cm³/mol. The van der Waals surface area contributed by atoms with Crippen LogP contribution < -0.4 is 5.32 Å². The summed E-state index contributed by atoms with van der Waals surface area (Å²) >= 11 is 0. The molecule has 1 aromatic carbocycles. The van der Waals surface area contributed by atoms with Gasteiger partial charge in [0.2, 0.25) is 0 Å². The number of rotatable bonds is 5. The van der Waals surface area contributed by atoms with Crippen molar-refractivity contribution in [1.29, 1.82) is 0 Å². The number of nitrogens with one attached hydrogen (secondary N) is 1. The molecular formula is C15H22N. The van der Waals surface area contributed by atoms with Gasteiger partial charge in [-0.1, -0.05) is 56.9 Å². The van der Waals surface area contributed by atoms with Crippen molar-refractivity contribution in [1.82, 2.24) is 5.32 Å². The highest BCUT2D eigenvalue weighted by atomic mass is 14.9. The molecule has 0 spiro atoms. The van der Waals surface area contributed by atoms with Crippen LogP contribution in [0.15, 0.2) is 24.3 Å². The lowest BCUT2D eigenvalue weighted by atomic mass is 9.92. The van der Waals surface area contributed by atoms with Gasteiger partial charge < -0.3 is 5.32 Å². The first-order valence-electron chi connectivity index (χ1n) is 6.52. The lowest BCUT2D eigenvalue weighted by Crippen LogP contribution is -2.24. The lowest BCUT2D eigenvalue weighted by Gasteiger charge is -2.19. The molecule has 1 N–H and O–H groups in total. The van der Waals surface area contributed by atoms with E-state index >= 15 is 0 Å². The van der Waals surface area contributed by atoms with Gasteiger partial charge in [-0.3, -0.25) is 0 Å². The summed E-state index contributed by atoms with van der Waals surface area (Å²) in [5, 5.41) is 3.55. The highest BCUT2D eigenvalue weighted by Gasteiger charge is 2.20. The Hall–Kier alpha value is -0.820. The second-order valence-corrected chi connectivity index (χ2v) is 5.04. The second kappa shape index (κ2) is 6.05. The van der Waals surface area contributed by atoms with Crippen LogP contribution >= 0.6 is 0 Å². The van der Waals surface area contributed by atoms with Crippen LogP contribution in [-0.4, -0.2) is 6.54 Å². The first-order chi connectivity index (χ1) is 7.86. The molecular weight excluding hydrogens is 194 g/mol. The van der Waals surface area contributed by atoms with Crippen LogP contribution in [0.1, 0.15) is 38.2 Å². The Morgan fingerprint density at radius 1 is 1.38 bits per heavy atom. The molecule has 1 saturated carbocycles. The Morgan fingerprint density at radius 2 is 2.19 bits per heavy atom. The molecule has 1 aliphatic rings. The van der Waals surface area contributed by atoms with Crippen molar-refractivity contribution < 1.29 is 0 Å². The van der Waals surface area contributed by atoms with Gasteiger partial charge >= 0.3 is 0 Å². The Bertz CT molecular complexity index is 288. The summed E-state index contributed by atoms with van der Waals surface area (Å²) in [5.41, 5.74) is 1.26. The van der Waals surface area contributed by atoms with Crippen LogP contribution in [0, 0.1) is 17.9 Å². The van der Waals surface area contributed by atoms with Crippen LogP contribution in [0.4, 0.5) is 0 Å². The van der Waals surface area contributed by atoms with Crippen molar-refractivity contribution in [3.05, 3.63) is 35.9 Å². The van der Waals surface area contributed by atoms with Gasteiger partial charge in [0.15, 0.2) is 0 Å². The topological polar surface area (TPSA) is 12.0 Å². The summed E-state index contributed by atoms with van der Waals surface area (Å²) in [5.74, 6) is 1.79. The van der Waals surface area contributed by atoms with Crippen molar-refractivity contribution in [3.8, 4) is 0 Å². The summed E-state index contributed by atoms with van der Waals surface area (Å²) in [6.45, 7) is 4.49. The van der Waals surface area contributed by atoms with Crippen LogP contribution in [-0.2, 0) is 6.54 Å². The molecule has 87 valence electrons. The summed E-state index contributed by atoms with van der Waals surface area (Å²) in [6.07, 6.45) is 5.78. The fourth-order valence-corrected chi connectivity index (χ4v) is 2.67. The standard InChI is InChI=1S/C15H22N/c1-13(15-9-5-6-10-15)11-16-12-14-7-3-2-4-8-14/h2-4,7,13,15-16H,5-6,9-12H2,1H3. The summed E-state index contributed by atoms with van der Waals surface area (Å²) in [4.78, 5) is 0. The Balaban J connectivity index is 1.67. The quantitative estimate of drug-likeness (QED) is 0.795. The molecule has 1 aromatic rings. The molecule has 1 unspecified atom stereocenters.